The molecule has 7 heteroatoms. The molecule has 0 aromatic heterocycles. The molecule has 25 heavy (non-hydrogen) atoms. The molecule has 134 valence electrons. The number of methoxy groups -OCH3 is 2. The van der Waals surface area contributed by atoms with Crippen molar-refractivity contribution in [1.29, 1.82) is 0 Å². The largest absolute Gasteiger partial charge is 0.493 e. The number of rotatable bonds is 4. The average Bonchev–Trinajstić information content (AvgIpc) is 2.61. The Morgan fingerprint density at radius 1 is 1.08 bits per heavy atom. The number of hydrogen-bond acceptors (Lipinski definition) is 4. The summed E-state index contributed by atoms with van der Waals surface area (Å²) in [6, 6.07) is 8.26. The first kappa shape index (κ1) is 17.7. The smallest absolute Gasteiger partial charge is 0.243 e. The van der Waals surface area contributed by atoms with E-state index in [9.17, 15) is 12.8 Å². The van der Waals surface area contributed by atoms with Crippen LogP contribution in [0.1, 0.15) is 24.1 Å². The lowest BCUT2D eigenvalue weighted by Gasteiger charge is -2.34. The maximum absolute atomic E-state index is 13.1. The number of halogens is 1. The first-order valence-electron chi connectivity index (χ1n) is 7.90. The number of fused-ring (bicyclic) bond motifs is 1. The Bertz CT molecular complexity index is 881. The highest BCUT2D eigenvalue weighted by Gasteiger charge is 2.34. The zero-order valence-corrected chi connectivity index (χ0v) is 15.1. The normalized spacial score (nSPS) is 17.8. The quantitative estimate of drug-likeness (QED) is 0.835. The summed E-state index contributed by atoms with van der Waals surface area (Å²) in [4.78, 5) is 0.0877. The fourth-order valence-electron chi connectivity index (χ4n) is 3.19. The van der Waals surface area contributed by atoms with Crippen LogP contribution in [0.3, 0.4) is 0 Å². The molecule has 0 radical (unpaired) electrons. The lowest BCUT2D eigenvalue weighted by molar-refractivity contribution is 0.319. The van der Waals surface area contributed by atoms with Gasteiger partial charge in [-0.25, -0.2) is 12.8 Å². The average molecular weight is 365 g/mol. The van der Waals surface area contributed by atoms with Crippen molar-refractivity contribution in [3.8, 4) is 11.5 Å². The maximum Gasteiger partial charge on any atom is 0.243 e. The van der Waals surface area contributed by atoms with Gasteiger partial charge in [-0.1, -0.05) is 0 Å². The molecule has 2 aromatic rings. The Labute approximate surface area is 147 Å². The Morgan fingerprint density at radius 2 is 1.68 bits per heavy atom. The molecule has 0 unspecified atom stereocenters. The summed E-state index contributed by atoms with van der Waals surface area (Å²) < 4.78 is 51.1. The van der Waals surface area contributed by atoms with E-state index in [0.717, 1.165) is 23.3 Å². The molecule has 2 aromatic carbocycles. The van der Waals surface area contributed by atoms with E-state index in [0.29, 0.717) is 24.5 Å². The van der Waals surface area contributed by atoms with Gasteiger partial charge in [0.15, 0.2) is 11.5 Å². The number of nitrogens with zero attached hydrogens (tertiary/aromatic N) is 1. The van der Waals surface area contributed by atoms with E-state index in [2.05, 4.69) is 0 Å². The van der Waals surface area contributed by atoms with Gasteiger partial charge < -0.3 is 9.47 Å². The minimum atomic E-state index is -3.71. The van der Waals surface area contributed by atoms with Crippen LogP contribution in [0.5, 0.6) is 11.5 Å². The molecular weight excluding hydrogens is 345 g/mol. The number of ether oxygens (including phenoxy) is 2. The van der Waals surface area contributed by atoms with Crippen LogP contribution >= 0.6 is 0 Å². The highest BCUT2D eigenvalue weighted by Crippen LogP contribution is 2.39. The molecule has 0 N–H and O–H groups in total. The SMILES string of the molecule is COc1cc2c(cc1OC)[C@H](C)N(S(=O)(=O)c1ccc(F)cc1)CC2. The molecule has 0 amide bonds. The Balaban J connectivity index is 2.01. The summed E-state index contributed by atoms with van der Waals surface area (Å²) in [5.74, 6) is 0.727. The third kappa shape index (κ3) is 3.09. The van der Waals surface area contributed by atoms with Crippen LogP contribution in [0.4, 0.5) is 4.39 Å². The van der Waals surface area contributed by atoms with Gasteiger partial charge in [0.05, 0.1) is 19.1 Å². The van der Waals surface area contributed by atoms with Crippen LogP contribution in [0.2, 0.25) is 0 Å². The third-order valence-corrected chi connectivity index (χ3v) is 6.53. The molecule has 0 aliphatic carbocycles. The highest BCUT2D eigenvalue weighted by molar-refractivity contribution is 7.89. The minimum absolute atomic E-state index is 0.0877. The predicted octanol–water partition coefficient (Wildman–Crippen LogP) is 3.15. The van der Waals surface area contributed by atoms with Crippen LogP contribution in [0.15, 0.2) is 41.3 Å². The number of benzene rings is 2. The summed E-state index contributed by atoms with van der Waals surface area (Å²) in [6.45, 7) is 2.19. The molecule has 1 heterocycles. The second kappa shape index (κ2) is 6.65. The third-order valence-electron chi connectivity index (χ3n) is 4.55. The van der Waals surface area contributed by atoms with Crippen LogP contribution in [0.25, 0.3) is 0 Å². The van der Waals surface area contributed by atoms with Crippen LogP contribution in [-0.4, -0.2) is 33.5 Å². The second-order valence-corrected chi connectivity index (χ2v) is 7.79. The van der Waals surface area contributed by atoms with Gasteiger partial charge in [-0.2, -0.15) is 4.31 Å². The monoisotopic (exact) mass is 365 g/mol. The van der Waals surface area contributed by atoms with Crippen molar-refractivity contribution in [2.24, 2.45) is 0 Å². The van der Waals surface area contributed by atoms with Crippen molar-refractivity contribution < 1.29 is 22.3 Å². The standard InChI is InChI=1S/C18H20FNO4S/c1-12-16-11-18(24-3)17(23-2)10-13(16)8-9-20(12)25(21,22)15-6-4-14(19)5-7-15/h4-7,10-12H,8-9H2,1-3H3/t12-/m0/s1. The fourth-order valence-corrected chi connectivity index (χ4v) is 4.80. The molecule has 1 atom stereocenters. The van der Waals surface area contributed by atoms with E-state index in [-0.39, 0.29) is 10.9 Å². The number of sulfonamides is 1. The molecule has 0 spiro atoms. The summed E-state index contributed by atoms with van der Waals surface area (Å²) in [6.07, 6.45) is 0.570. The Hall–Kier alpha value is -2.12. The van der Waals surface area contributed by atoms with Crippen molar-refractivity contribution >= 4 is 10.0 Å². The molecule has 1 aliphatic rings. The van der Waals surface area contributed by atoms with Crippen LogP contribution in [0, 0.1) is 5.82 Å². The van der Waals surface area contributed by atoms with Gasteiger partial charge in [0.25, 0.3) is 0 Å². The fraction of sp³-hybridized carbons (Fsp3) is 0.333. The Morgan fingerprint density at radius 3 is 2.28 bits per heavy atom. The van der Waals surface area contributed by atoms with Crippen molar-refractivity contribution in [3.05, 3.63) is 53.3 Å². The van der Waals surface area contributed by atoms with Gasteiger partial charge in [0, 0.05) is 12.6 Å². The molecule has 0 fully saturated rings. The molecule has 5 nitrogen and oxygen atoms in total. The first-order chi connectivity index (χ1) is 11.9. The van der Waals surface area contributed by atoms with Gasteiger partial charge in [-0.15, -0.1) is 0 Å². The molecular formula is C18H20FNO4S. The summed E-state index contributed by atoms with van der Waals surface area (Å²) >= 11 is 0. The lowest BCUT2D eigenvalue weighted by Crippen LogP contribution is -2.38. The Kier molecular flexibility index (Phi) is 4.71. The van der Waals surface area contributed by atoms with Gasteiger partial charge >= 0.3 is 0 Å². The molecule has 0 bridgehead atoms. The van der Waals surface area contributed by atoms with E-state index >= 15 is 0 Å². The van der Waals surface area contributed by atoms with Gasteiger partial charge in [0.1, 0.15) is 5.82 Å². The summed E-state index contributed by atoms with van der Waals surface area (Å²) in [5.41, 5.74) is 1.92. The zero-order chi connectivity index (χ0) is 18.2. The summed E-state index contributed by atoms with van der Waals surface area (Å²) in [5, 5.41) is 0. The maximum atomic E-state index is 13.1. The molecule has 3 rings (SSSR count). The van der Waals surface area contributed by atoms with E-state index in [1.54, 1.807) is 14.2 Å². The first-order valence-corrected chi connectivity index (χ1v) is 9.34. The van der Waals surface area contributed by atoms with Crippen molar-refractivity contribution in [1.82, 2.24) is 4.31 Å². The molecule has 0 saturated heterocycles. The van der Waals surface area contributed by atoms with Crippen molar-refractivity contribution in [2.75, 3.05) is 20.8 Å². The molecule has 1 aliphatic heterocycles. The van der Waals surface area contributed by atoms with E-state index in [4.69, 9.17) is 9.47 Å². The predicted molar refractivity (Wildman–Crippen MR) is 92.0 cm³/mol. The highest BCUT2D eigenvalue weighted by atomic mass is 32.2. The van der Waals surface area contributed by atoms with E-state index in [1.165, 1.54) is 16.4 Å². The summed E-state index contributed by atoms with van der Waals surface area (Å²) in [7, 11) is -0.594. The minimum Gasteiger partial charge on any atom is -0.493 e. The van der Waals surface area contributed by atoms with Crippen LogP contribution < -0.4 is 9.47 Å². The second-order valence-electron chi connectivity index (χ2n) is 5.90. The number of hydrogen-bond donors (Lipinski definition) is 0. The van der Waals surface area contributed by atoms with Crippen molar-refractivity contribution in [3.63, 3.8) is 0 Å². The van der Waals surface area contributed by atoms with E-state index < -0.39 is 15.8 Å². The topological polar surface area (TPSA) is 55.8 Å². The lowest BCUT2D eigenvalue weighted by atomic mass is 9.94. The van der Waals surface area contributed by atoms with E-state index in [1.807, 2.05) is 19.1 Å². The van der Waals surface area contributed by atoms with Gasteiger partial charge in [-0.05, 0) is 60.9 Å². The zero-order valence-electron chi connectivity index (χ0n) is 14.3. The van der Waals surface area contributed by atoms with Gasteiger partial charge in [-0.3, -0.25) is 0 Å². The molecule has 0 saturated carbocycles. The van der Waals surface area contributed by atoms with Crippen molar-refractivity contribution in [2.45, 2.75) is 24.3 Å². The van der Waals surface area contributed by atoms with Crippen LogP contribution in [-0.2, 0) is 16.4 Å². The van der Waals surface area contributed by atoms with Gasteiger partial charge in [0.2, 0.25) is 10.0 Å².